The van der Waals surface area contributed by atoms with E-state index in [1.807, 2.05) is 20.8 Å². The standard InChI is InChI=1S/C14H17FN2O2/c1-14(2,3)17-13(19)16-11-6-7-12(15)10(9-11)5-4-8-18/h6-7,9,18H,8H2,1-3H3,(H2,16,17,19). The number of aliphatic hydroxyl groups excluding tert-OH is 1. The molecule has 0 fully saturated rings. The first-order valence-corrected chi connectivity index (χ1v) is 5.80. The maximum atomic E-state index is 13.4. The number of halogens is 1. The zero-order valence-electron chi connectivity index (χ0n) is 11.2. The van der Waals surface area contributed by atoms with Gasteiger partial charge in [0.2, 0.25) is 0 Å². The summed E-state index contributed by atoms with van der Waals surface area (Å²) in [7, 11) is 0. The zero-order valence-corrected chi connectivity index (χ0v) is 11.2. The van der Waals surface area contributed by atoms with Crippen LogP contribution in [0, 0.1) is 17.7 Å². The topological polar surface area (TPSA) is 61.4 Å². The number of hydrogen-bond donors (Lipinski definition) is 3. The highest BCUT2D eigenvalue weighted by molar-refractivity contribution is 5.89. The number of carbonyl (C=O) groups excluding carboxylic acids is 1. The van der Waals surface area contributed by atoms with Crippen molar-refractivity contribution in [3.63, 3.8) is 0 Å². The van der Waals surface area contributed by atoms with E-state index in [1.165, 1.54) is 18.2 Å². The lowest BCUT2D eigenvalue weighted by Gasteiger charge is -2.20. The smallest absolute Gasteiger partial charge is 0.319 e. The van der Waals surface area contributed by atoms with Crippen molar-refractivity contribution in [2.24, 2.45) is 0 Å². The highest BCUT2D eigenvalue weighted by Gasteiger charge is 2.13. The Kier molecular flexibility index (Phi) is 4.90. The van der Waals surface area contributed by atoms with E-state index in [-0.39, 0.29) is 23.7 Å². The van der Waals surface area contributed by atoms with Gasteiger partial charge in [0.1, 0.15) is 12.4 Å². The number of benzene rings is 1. The second kappa shape index (κ2) is 6.21. The van der Waals surface area contributed by atoms with Crippen LogP contribution in [0.4, 0.5) is 14.9 Å². The summed E-state index contributed by atoms with van der Waals surface area (Å²) < 4.78 is 13.4. The lowest BCUT2D eigenvalue weighted by Crippen LogP contribution is -2.43. The molecule has 0 saturated heterocycles. The second-order valence-electron chi connectivity index (χ2n) is 4.98. The van der Waals surface area contributed by atoms with Gasteiger partial charge < -0.3 is 15.7 Å². The number of nitrogens with one attached hydrogen (secondary N) is 2. The van der Waals surface area contributed by atoms with E-state index in [0.717, 1.165) is 0 Å². The highest BCUT2D eigenvalue weighted by Crippen LogP contribution is 2.14. The molecule has 5 heteroatoms. The Morgan fingerprint density at radius 3 is 2.68 bits per heavy atom. The molecular weight excluding hydrogens is 247 g/mol. The number of carbonyl (C=O) groups is 1. The van der Waals surface area contributed by atoms with Gasteiger partial charge in [-0.25, -0.2) is 9.18 Å². The fraction of sp³-hybridized carbons (Fsp3) is 0.357. The molecule has 0 saturated carbocycles. The van der Waals surface area contributed by atoms with Gasteiger partial charge >= 0.3 is 6.03 Å². The minimum Gasteiger partial charge on any atom is -0.384 e. The summed E-state index contributed by atoms with van der Waals surface area (Å²) in [6.07, 6.45) is 0. The Morgan fingerprint density at radius 1 is 1.42 bits per heavy atom. The molecule has 0 unspecified atom stereocenters. The maximum Gasteiger partial charge on any atom is 0.319 e. The van der Waals surface area contributed by atoms with E-state index in [2.05, 4.69) is 22.5 Å². The Balaban J connectivity index is 2.83. The van der Waals surface area contributed by atoms with Crippen molar-refractivity contribution in [3.05, 3.63) is 29.6 Å². The fourth-order valence-corrected chi connectivity index (χ4v) is 1.34. The number of anilines is 1. The number of hydrogen-bond acceptors (Lipinski definition) is 2. The van der Waals surface area contributed by atoms with Crippen molar-refractivity contribution in [1.82, 2.24) is 5.32 Å². The lowest BCUT2D eigenvalue weighted by atomic mass is 10.1. The first-order chi connectivity index (χ1) is 8.81. The summed E-state index contributed by atoms with van der Waals surface area (Å²) in [6.45, 7) is 5.22. The molecule has 0 aliphatic rings. The van der Waals surface area contributed by atoms with E-state index < -0.39 is 5.82 Å². The minimum absolute atomic E-state index is 0.127. The third kappa shape index (κ3) is 5.40. The van der Waals surface area contributed by atoms with Gasteiger partial charge in [-0.1, -0.05) is 11.8 Å². The van der Waals surface area contributed by atoms with Crippen LogP contribution in [-0.2, 0) is 0 Å². The monoisotopic (exact) mass is 264 g/mol. The van der Waals surface area contributed by atoms with Gasteiger partial charge in [0.15, 0.2) is 0 Å². The molecule has 0 radical (unpaired) electrons. The second-order valence-corrected chi connectivity index (χ2v) is 4.98. The summed E-state index contributed by atoms with van der Waals surface area (Å²) in [6, 6.07) is 3.70. The average molecular weight is 264 g/mol. The van der Waals surface area contributed by atoms with Crippen LogP contribution >= 0.6 is 0 Å². The Morgan fingerprint density at radius 2 is 2.11 bits per heavy atom. The summed E-state index contributed by atoms with van der Waals surface area (Å²) >= 11 is 0. The van der Waals surface area contributed by atoms with Gasteiger partial charge in [-0.3, -0.25) is 0 Å². The van der Waals surface area contributed by atoms with Gasteiger partial charge in [-0.15, -0.1) is 0 Å². The van der Waals surface area contributed by atoms with Crippen LogP contribution in [-0.4, -0.2) is 23.3 Å². The molecule has 102 valence electrons. The van der Waals surface area contributed by atoms with Crippen LogP contribution in [0.3, 0.4) is 0 Å². The maximum absolute atomic E-state index is 13.4. The molecule has 3 N–H and O–H groups in total. The number of amides is 2. The molecule has 19 heavy (non-hydrogen) atoms. The van der Waals surface area contributed by atoms with Crippen LogP contribution in [0.15, 0.2) is 18.2 Å². The number of urea groups is 1. The highest BCUT2D eigenvalue weighted by atomic mass is 19.1. The largest absolute Gasteiger partial charge is 0.384 e. The molecule has 0 aromatic heterocycles. The van der Waals surface area contributed by atoms with Crippen molar-refractivity contribution in [2.45, 2.75) is 26.3 Å². The Hall–Kier alpha value is -2.06. The van der Waals surface area contributed by atoms with Crippen LogP contribution < -0.4 is 10.6 Å². The summed E-state index contributed by atoms with van der Waals surface area (Å²) in [5.41, 5.74) is 0.205. The molecular formula is C14H17FN2O2. The van der Waals surface area contributed by atoms with Crippen LogP contribution in [0.2, 0.25) is 0 Å². The molecule has 0 bridgehead atoms. The molecule has 0 spiro atoms. The SMILES string of the molecule is CC(C)(C)NC(=O)Nc1ccc(F)c(C#CCO)c1. The molecule has 1 aromatic carbocycles. The lowest BCUT2D eigenvalue weighted by molar-refractivity contribution is 0.244. The first kappa shape index (κ1) is 15.0. The van der Waals surface area contributed by atoms with Gasteiger partial charge in [-0.05, 0) is 39.0 Å². The van der Waals surface area contributed by atoms with Gasteiger partial charge in [0.25, 0.3) is 0 Å². The van der Waals surface area contributed by atoms with Crippen molar-refractivity contribution >= 4 is 11.7 Å². The van der Waals surface area contributed by atoms with E-state index in [0.29, 0.717) is 5.69 Å². The van der Waals surface area contributed by atoms with E-state index in [1.54, 1.807) is 0 Å². The predicted molar refractivity (Wildman–Crippen MR) is 72.3 cm³/mol. The van der Waals surface area contributed by atoms with Crippen molar-refractivity contribution < 1.29 is 14.3 Å². The third-order valence-electron chi connectivity index (χ3n) is 2.01. The minimum atomic E-state index is -0.497. The summed E-state index contributed by atoms with van der Waals surface area (Å²) in [5, 5.41) is 13.9. The number of rotatable bonds is 1. The molecule has 4 nitrogen and oxygen atoms in total. The van der Waals surface area contributed by atoms with E-state index in [4.69, 9.17) is 5.11 Å². The van der Waals surface area contributed by atoms with Gasteiger partial charge in [0.05, 0.1) is 5.56 Å². The fourth-order valence-electron chi connectivity index (χ4n) is 1.34. The Bertz CT molecular complexity index is 524. The molecule has 0 heterocycles. The summed E-state index contributed by atoms with van der Waals surface area (Å²) in [5.74, 6) is 4.34. The predicted octanol–water partition coefficient (Wildman–Crippen LogP) is 2.09. The van der Waals surface area contributed by atoms with E-state index in [9.17, 15) is 9.18 Å². The molecule has 1 rings (SSSR count). The molecule has 2 amide bonds. The van der Waals surface area contributed by atoms with Crippen LogP contribution in [0.5, 0.6) is 0 Å². The molecule has 0 aliphatic heterocycles. The van der Waals surface area contributed by atoms with Crippen molar-refractivity contribution in [3.8, 4) is 11.8 Å². The molecule has 1 aromatic rings. The van der Waals surface area contributed by atoms with Crippen LogP contribution in [0.25, 0.3) is 0 Å². The van der Waals surface area contributed by atoms with Crippen molar-refractivity contribution in [2.75, 3.05) is 11.9 Å². The quantitative estimate of drug-likeness (QED) is 0.680. The van der Waals surface area contributed by atoms with Crippen molar-refractivity contribution in [1.29, 1.82) is 0 Å². The van der Waals surface area contributed by atoms with E-state index >= 15 is 0 Å². The zero-order chi connectivity index (χ0) is 14.5. The average Bonchev–Trinajstić information content (AvgIpc) is 2.27. The van der Waals surface area contributed by atoms with Gasteiger partial charge in [0, 0.05) is 11.2 Å². The third-order valence-corrected chi connectivity index (χ3v) is 2.01. The molecule has 0 aliphatic carbocycles. The van der Waals surface area contributed by atoms with Gasteiger partial charge in [-0.2, -0.15) is 0 Å². The Labute approximate surface area is 112 Å². The van der Waals surface area contributed by atoms with Crippen LogP contribution in [0.1, 0.15) is 26.3 Å². The number of aliphatic hydroxyl groups is 1. The molecule has 0 atom stereocenters. The first-order valence-electron chi connectivity index (χ1n) is 5.80. The normalized spacial score (nSPS) is 10.4. The summed E-state index contributed by atoms with van der Waals surface area (Å²) in [4.78, 5) is 11.6.